The maximum atomic E-state index is 12.7. The number of unbranched alkanes of at least 4 members (excludes halogenated alkanes) is 17. The van der Waals surface area contributed by atoms with Crippen LogP contribution in [0.25, 0.3) is 0 Å². The molecule has 0 aromatic heterocycles. The molecule has 0 saturated carbocycles. The summed E-state index contributed by atoms with van der Waals surface area (Å²) in [7, 11) is 0. The molecule has 0 spiro atoms. The van der Waals surface area contributed by atoms with Gasteiger partial charge in [0.05, 0.1) is 0 Å². The lowest BCUT2D eigenvalue weighted by Gasteiger charge is -2.18. The second kappa shape index (κ2) is 52.7. The lowest BCUT2D eigenvalue weighted by molar-refractivity contribution is -0.167. The summed E-state index contributed by atoms with van der Waals surface area (Å²) in [5.41, 5.74) is 0. The molecule has 0 saturated heterocycles. The first kappa shape index (κ1) is 61.1. The summed E-state index contributed by atoms with van der Waals surface area (Å²) in [6, 6.07) is 0. The van der Waals surface area contributed by atoms with Gasteiger partial charge in [0.1, 0.15) is 13.2 Å². The first-order valence-corrected chi connectivity index (χ1v) is 26.4. The van der Waals surface area contributed by atoms with Crippen molar-refractivity contribution in [1.29, 1.82) is 0 Å². The molecule has 65 heavy (non-hydrogen) atoms. The fraction of sp³-hybridized carbons (Fsp3) is 0.644. The van der Waals surface area contributed by atoms with Crippen molar-refractivity contribution in [3.05, 3.63) is 109 Å². The molecule has 0 rings (SSSR count). The van der Waals surface area contributed by atoms with E-state index >= 15 is 0 Å². The van der Waals surface area contributed by atoms with Crippen molar-refractivity contribution < 1.29 is 28.6 Å². The number of carbonyl (C=O) groups excluding carboxylic acids is 3. The van der Waals surface area contributed by atoms with E-state index in [-0.39, 0.29) is 31.1 Å². The van der Waals surface area contributed by atoms with Crippen molar-refractivity contribution in [2.75, 3.05) is 13.2 Å². The minimum Gasteiger partial charge on any atom is -0.462 e. The smallest absolute Gasteiger partial charge is 0.306 e. The number of carbonyl (C=O) groups is 3. The average Bonchev–Trinajstić information content (AvgIpc) is 3.30. The SMILES string of the molecule is CC/C=C\C/C=C\C/C=C\C/C=C\C/C=C\C/C=C\C/C=C\C/C=C\C/C=C\CCCCCC(=O)OCC(COC(=O)CCCCCCCCCC)OC(=O)CCCCCCCCCC. The zero-order valence-electron chi connectivity index (χ0n) is 42.0. The van der Waals surface area contributed by atoms with Crippen LogP contribution in [-0.2, 0) is 28.6 Å². The highest BCUT2D eigenvalue weighted by Crippen LogP contribution is 2.13. The van der Waals surface area contributed by atoms with Gasteiger partial charge in [-0.1, -0.05) is 226 Å². The standard InChI is InChI=1S/C59H96O6/c1-4-7-10-13-16-19-20-21-22-23-24-25-26-27-28-29-30-31-32-33-34-35-36-37-38-39-40-41-44-46-49-52-58(61)64-55-56(65-59(62)53-50-47-43-18-15-12-9-6-3)54-63-57(60)51-48-45-42-17-14-11-8-5-2/h7,10,16,19,21-22,24-25,27-28,30-31,33-34,36-37,39-40,56H,4-6,8-9,11-15,17-18,20,23,26,29,32,35,38,41-55H2,1-3H3/b10-7-,19-16-,22-21-,25-24-,28-27-,31-30-,34-33-,37-36-,40-39-. The monoisotopic (exact) mass is 901 g/mol. The second-order valence-electron chi connectivity index (χ2n) is 17.1. The molecular weight excluding hydrogens is 805 g/mol. The molecule has 1 unspecified atom stereocenters. The molecular formula is C59H96O6. The summed E-state index contributed by atoms with van der Waals surface area (Å²) in [5.74, 6) is -0.937. The summed E-state index contributed by atoms with van der Waals surface area (Å²) in [4.78, 5) is 37.6. The van der Waals surface area contributed by atoms with Crippen molar-refractivity contribution in [2.45, 2.75) is 232 Å². The largest absolute Gasteiger partial charge is 0.462 e. The topological polar surface area (TPSA) is 78.9 Å². The summed E-state index contributed by atoms with van der Waals surface area (Å²) in [6.45, 7) is 6.41. The van der Waals surface area contributed by atoms with E-state index in [1.807, 2.05) is 0 Å². The van der Waals surface area contributed by atoms with Crippen LogP contribution in [0.4, 0.5) is 0 Å². The Morgan fingerprint density at radius 1 is 0.323 bits per heavy atom. The molecule has 0 aromatic rings. The summed E-state index contributed by atoms with van der Waals surface area (Å²) in [5, 5.41) is 0. The third-order valence-electron chi connectivity index (χ3n) is 10.8. The third kappa shape index (κ3) is 50.9. The maximum absolute atomic E-state index is 12.7. The molecule has 0 aromatic carbocycles. The Balaban J connectivity index is 4.18. The zero-order valence-corrected chi connectivity index (χ0v) is 42.0. The van der Waals surface area contributed by atoms with Gasteiger partial charge in [0.25, 0.3) is 0 Å². The molecule has 0 fully saturated rings. The van der Waals surface area contributed by atoms with Gasteiger partial charge in [-0.3, -0.25) is 14.4 Å². The Hall–Kier alpha value is -3.93. The van der Waals surface area contributed by atoms with Crippen molar-refractivity contribution in [3.63, 3.8) is 0 Å². The van der Waals surface area contributed by atoms with Crippen LogP contribution in [0.5, 0.6) is 0 Å². The van der Waals surface area contributed by atoms with E-state index in [0.717, 1.165) is 122 Å². The van der Waals surface area contributed by atoms with E-state index in [2.05, 4.69) is 130 Å². The highest BCUT2D eigenvalue weighted by Gasteiger charge is 2.19. The van der Waals surface area contributed by atoms with Crippen LogP contribution < -0.4 is 0 Å². The maximum Gasteiger partial charge on any atom is 0.306 e. The van der Waals surface area contributed by atoms with Crippen molar-refractivity contribution in [1.82, 2.24) is 0 Å². The van der Waals surface area contributed by atoms with Crippen molar-refractivity contribution in [3.8, 4) is 0 Å². The van der Waals surface area contributed by atoms with Gasteiger partial charge in [0.2, 0.25) is 0 Å². The van der Waals surface area contributed by atoms with Gasteiger partial charge < -0.3 is 14.2 Å². The number of allylic oxidation sites excluding steroid dienone is 18. The first-order valence-electron chi connectivity index (χ1n) is 26.4. The molecule has 6 heteroatoms. The lowest BCUT2D eigenvalue weighted by Crippen LogP contribution is -2.30. The fourth-order valence-corrected chi connectivity index (χ4v) is 6.84. The minimum atomic E-state index is -0.786. The molecule has 0 heterocycles. The fourth-order valence-electron chi connectivity index (χ4n) is 6.84. The van der Waals surface area contributed by atoms with E-state index in [4.69, 9.17) is 14.2 Å². The normalized spacial score (nSPS) is 13.0. The molecule has 368 valence electrons. The van der Waals surface area contributed by atoms with Gasteiger partial charge in [0.15, 0.2) is 6.10 Å². The Kier molecular flexibility index (Phi) is 49.5. The van der Waals surface area contributed by atoms with Gasteiger partial charge in [-0.25, -0.2) is 0 Å². The zero-order chi connectivity index (χ0) is 47.2. The van der Waals surface area contributed by atoms with Gasteiger partial charge in [-0.2, -0.15) is 0 Å². The Morgan fingerprint density at radius 2 is 0.600 bits per heavy atom. The van der Waals surface area contributed by atoms with E-state index in [1.165, 1.54) is 64.2 Å². The highest BCUT2D eigenvalue weighted by atomic mass is 16.6. The predicted molar refractivity (Wildman–Crippen MR) is 279 cm³/mol. The number of rotatable bonds is 46. The van der Waals surface area contributed by atoms with Crippen LogP contribution in [0.1, 0.15) is 226 Å². The van der Waals surface area contributed by atoms with Crippen LogP contribution in [0.3, 0.4) is 0 Å². The van der Waals surface area contributed by atoms with Crippen LogP contribution in [0.2, 0.25) is 0 Å². The summed E-state index contributed by atoms with van der Waals surface area (Å²) in [6.07, 6.45) is 71.1. The average molecular weight is 901 g/mol. The molecule has 6 nitrogen and oxygen atoms in total. The van der Waals surface area contributed by atoms with Gasteiger partial charge in [-0.05, 0) is 89.9 Å². The molecule has 0 bridgehead atoms. The third-order valence-corrected chi connectivity index (χ3v) is 10.8. The van der Waals surface area contributed by atoms with Crippen LogP contribution in [0, 0.1) is 0 Å². The van der Waals surface area contributed by atoms with Crippen molar-refractivity contribution >= 4 is 17.9 Å². The molecule has 0 N–H and O–H groups in total. The Morgan fingerprint density at radius 3 is 0.938 bits per heavy atom. The second-order valence-corrected chi connectivity index (χ2v) is 17.1. The highest BCUT2D eigenvalue weighted by molar-refractivity contribution is 5.71. The van der Waals surface area contributed by atoms with E-state index in [9.17, 15) is 14.4 Å². The Labute approximate surface area is 400 Å². The van der Waals surface area contributed by atoms with Crippen LogP contribution >= 0.6 is 0 Å². The van der Waals surface area contributed by atoms with Gasteiger partial charge >= 0.3 is 17.9 Å². The predicted octanol–water partition coefficient (Wildman–Crippen LogP) is 17.5. The molecule has 1 atom stereocenters. The van der Waals surface area contributed by atoms with Gasteiger partial charge in [-0.15, -0.1) is 0 Å². The Bertz CT molecular complexity index is 1360. The van der Waals surface area contributed by atoms with Crippen molar-refractivity contribution in [2.24, 2.45) is 0 Å². The quantitative estimate of drug-likeness (QED) is 0.0262. The van der Waals surface area contributed by atoms with Gasteiger partial charge in [0, 0.05) is 19.3 Å². The van der Waals surface area contributed by atoms with Crippen LogP contribution in [0.15, 0.2) is 109 Å². The molecule has 0 aliphatic heterocycles. The van der Waals surface area contributed by atoms with E-state index in [0.29, 0.717) is 19.3 Å². The molecule has 0 aliphatic carbocycles. The number of hydrogen-bond donors (Lipinski definition) is 0. The van der Waals surface area contributed by atoms with Crippen LogP contribution in [-0.4, -0.2) is 37.2 Å². The molecule has 0 amide bonds. The van der Waals surface area contributed by atoms with E-state index < -0.39 is 6.10 Å². The first-order chi connectivity index (χ1) is 32.0. The molecule has 0 radical (unpaired) electrons. The minimum absolute atomic E-state index is 0.0877. The van der Waals surface area contributed by atoms with E-state index in [1.54, 1.807) is 0 Å². The summed E-state index contributed by atoms with van der Waals surface area (Å²) >= 11 is 0. The number of esters is 3. The summed E-state index contributed by atoms with van der Waals surface area (Å²) < 4.78 is 16.6. The molecule has 0 aliphatic rings. The lowest BCUT2D eigenvalue weighted by atomic mass is 10.1. The number of hydrogen-bond acceptors (Lipinski definition) is 6. The number of ether oxygens (including phenoxy) is 3.